The van der Waals surface area contributed by atoms with Crippen molar-refractivity contribution >= 4 is 29.7 Å². The highest BCUT2D eigenvalue weighted by atomic mass is 32.2. The molecule has 0 aromatic heterocycles. The van der Waals surface area contributed by atoms with Crippen LogP contribution in [0.4, 0.5) is 9.18 Å². The smallest absolute Gasteiger partial charge is 0.413 e. The lowest BCUT2D eigenvalue weighted by molar-refractivity contribution is -0.147. The molecule has 0 unspecified atom stereocenters. The first-order valence-corrected chi connectivity index (χ1v) is 10.2. The van der Waals surface area contributed by atoms with Gasteiger partial charge in [-0.3, -0.25) is 19.4 Å². The van der Waals surface area contributed by atoms with Crippen LogP contribution in [0.5, 0.6) is 0 Å². The molecule has 1 saturated heterocycles. The van der Waals surface area contributed by atoms with Crippen LogP contribution in [0.1, 0.15) is 18.9 Å². The zero-order valence-corrected chi connectivity index (χ0v) is 16.3. The number of rotatable bonds is 6. The van der Waals surface area contributed by atoms with E-state index in [0.717, 1.165) is 16.2 Å². The summed E-state index contributed by atoms with van der Waals surface area (Å²) in [7, 11) is 0. The summed E-state index contributed by atoms with van der Waals surface area (Å²) in [4.78, 5) is 41.0. The summed E-state index contributed by atoms with van der Waals surface area (Å²) >= 11 is 1.52. The molecule has 9 heteroatoms. The fourth-order valence-electron chi connectivity index (χ4n) is 3.36. The van der Waals surface area contributed by atoms with Gasteiger partial charge in [-0.1, -0.05) is 19.1 Å². The van der Waals surface area contributed by atoms with E-state index in [1.54, 1.807) is 12.1 Å². The van der Waals surface area contributed by atoms with E-state index in [-0.39, 0.29) is 43.0 Å². The van der Waals surface area contributed by atoms with Gasteiger partial charge in [-0.15, -0.1) is 0 Å². The number of halogens is 1. The van der Waals surface area contributed by atoms with Crippen LogP contribution in [0, 0.1) is 5.82 Å². The van der Waals surface area contributed by atoms with Crippen LogP contribution < -0.4 is 0 Å². The van der Waals surface area contributed by atoms with E-state index in [1.807, 2.05) is 6.92 Å². The number of hydrogen-bond acceptors (Lipinski definition) is 4. The quantitative estimate of drug-likeness (QED) is 0.783. The van der Waals surface area contributed by atoms with Gasteiger partial charge in [0, 0.05) is 31.5 Å². The van der Waals surface area contributed by atoms with Crippen molar-refractivity contribution in [3.05, 3.63) is 47.7 Å². The summed E-state index contributed by atoms with van der Waals surface area (Å²) in [5.74, 6) is 0.535. The van der Waals surface area contributed by atoms with Gasteiger partial charge >= 0.3 is 6.09 Å². The second kappa shape index (κ2) is 8.64. The van der Waals surface area contributed by atoms with E-state index in [0.29, 0.717) is 12.2 Å². The third-order valence-electron chi connectivity index (χ3n) is 4.73. The number of hydrogen-bond donors (Lipinski definition) is 1. The van der Waals surface area contributed by atoms with Crippen LogP contribution in [0.2, 0.25) is 0 Å². The maximum Gasteiger partial charge on any atom is 0.413 e. The maximum absolute atomic E-state index is 13.4. The van der Waals surface area contributed by atoms with Crippen molar-refractivity contribution in [2.24, 2.45) is 0 Å². The van der Waals surface area contributed by atoms with Gasteiger partial charge in [0.15, 0.2) is 0 Å². The Morgan fingerprint density at radius 1 is 1.36 bits per heavy atom. The molecule has 0 radical (unpaired) electrons. The summed E-state index contributed by atoms with van der Waals surface area (Å²) in [6.45, 7) is 2.29. The lowest BCUT2D eigenvalue weighted by atomic mass is 10.1. The van der Waals surface area contributed by atoms with Crippen molar-refractivity contribution in [3.8, 4) is 0 Å². The van der Waals surface area contributed by atoms with E-state index in [9.17, 15) is 23.9 Å². The number of benzene rings is 1. The third-order valence-corrected chi connectivity index (χ3v) is 5.69. The molecule has 150 valence electrons. The molecule has 1 aromatic carbocycles. The maximum atomic E-state index is 13.4. The summed E-state index contributed by atoms with van der Waals surface area (Å²) in [6, 6.07) is 5.40. The second-order valence-electron chi connectivity index (χ2n) is 6.52. The SMILES string of the molecule is CCSC[C@@H]1C(=O)N(CCc2cccc(F)c2)C=C2N(C(=O)O)CCC(=O)N21. The molecule has 3 rings (SSSR count). The van der Waals surface area contributed by atoms with Crippen molar-refractivity contribution < 1.29 is 23.9 Å². The Kier molecular flexibility index (Phi) is 6.23. The van der Waals surface area contributed by atoms with Gasteiger partial charge < -0.3 is 10.0 Å². The Morgan fingerprint density at radius 2 is 2.14 bits per heavy atom. The molecule has 28 heavy (non-hydrogen) atoms. The normalized spacial score (nSPS) is 19.6. The van der Waals surface area contributed by atoms with Gasteiger partial charge in [0.05, 0.1) is 0 Å². The number of carbonyl (C=O) groups is 3. The molecular weight excluding hydrogens is 385 g/mol. The minimum atomic E-state index is -1.16. The monoisotopic (exact) mass is 407 g/mol. The van der Waals surface area contributed by atoms with Gasteiger partial charge in [-0.25, -0.2) is 9.18 Å². The first-order valence-electron chi connectivity index (χ1n) is 9.09. The van der Waals surface area contributed by atoms with Gasteiger partial charge in [-0.2, -0.15) is 11.8 Å². The zero-order chi connectivity index (χ0) is 20.3. The minimum Gasteiger partial charge on any atom is -0.465 e. The van der Waals surface area contributed by atoms with Gasteiger partial charge in [0.1, 0.15) is 17.7 Å². The van der Waals surface area contributed by atoms with Crippen LogP contribution in [0.3, 0.4) is 0 Å². The molecule has 0 aliphatic carbocycles. The molecule has 1 fully saturated rings. The summed E-state index contributed by atoms with van der Waals surface area (Å²) in [5.41, 5.74) is 0.739. The van der Waals surface area contributed by atoms with E-state index in [1.165, 1.54) is 39.9 Å². The number of carbonyl (C=O) groups excluding carboxylic acids is 2. The number of carboxylic acid groups (broad SMARTS) is 1. The number of nitrogens with zero attached hydrogens (tertiary/aromatic N) is 3. The number of thioether (sulfide) groups is 1. The average molecular weight is 407 g/mol. The molecule has 1 atom stereocenters. The lowest BCUT2D eigenvalue weighted by Crippen LogP contribution is -2.60. The van der Waals surface area contributed by atoms with E-state index < -0.39 is 12.1 Å². The fraction of sp³-hybridized carbons (Fsp3) is 0.421. The highest BCUT2D eigenvalue weighted by molar-refractivity contribution is 7.99. The molecule has 0 spiro atoms. The molecular formula is C19H22FN3O4S. The Hall–Kier alpha value is -2.55. The van der Waals surface area contributed by atoms with Gasteiger partial charge in [-0.05, 0) is 29.9 Å². The predicted octanol–water partition coefficient (Wildman–Crippen LogP) is 2.34. The van der Waals surface area contributed by atoms with E-state index in [4.69, 9.17) is 0 Å². The average Bonchev–Trinajstić information content (AvgIpc) is 2.66. The highest BCUT2D eigenvalue weighted by Gasteiger charge is 2.44. The molecule has 0 saturated carbocycles. The molecule has 2 aliphatic heterocycles. The number of fused-ring (bicyclic) bond motifs is 1. The Morgan fingerprint density at radius 3 is 2.82 bits per heavy atom. The fourth-order valence-corrected chi connectivity index (χ4v) is 4.11. The van der Waals surface area contributed by atoms with Crippen LogP contribution >= 0.6 is 11.8 Å². The highest BCUT2D eigenvalue weighted by Crippen LogP contribution is 2.29. The summed E-state index contributed by atoms with van der Waals surface area (Å²) < 4.78 is 13.4. The van der Waals surface area contributed by atoms with Crippen LogP contribution in [0.25, 0.3) is 0 Å². The standard InChI is InChI=1S/C19H22FN3O4S/c1-2-28-12-15-18(25)21(8-6-13-4-3-5-14(20)10-13)11-16-22(19(26)27)9-7-17(24)23(15)16/h3-5,10-11,15H,2,6-9,12H2,1H3,(H,26,27)/t15-/m1/s1. The second-order valence-corrected chi connectivity index (χ2v) is 7.84. The molecule has 1 N–H and O–H groups in total. The molecule has 1 aromatic rings. The first-order chi connectivity index (χ1) is 13.4. The van der Waals surface area contributed by atoms with Crippen molar-refractivity contribution in [1.82, 2.24) is 14.7 Å². The van der Waals surface area contributed by atoms with Crippen molar-refractivity contribution in [2.45, 2.75) is 25.8 Å². The predicted molar refractivity (Wildman–Crippen MR) is 103 cm³/mol. The Balaban J connectivity index is 1.89. The van der Waals surface area contributed by atoms with Crippen molar-refractivity contribution in [3.63, 3.8) is 0 Å². The third kappa shape index (κ3) is 4.14. The van der Waals surface area contributed by atoms with Crippen molar-refractivity contribution in [2.75, 3.05) is 24.6 Å². The van der Waals surface area contributed by atoms with Gasteiger partial charge in [0.25, 0.3) is 5.91 Å². The molecule has 2 heterocycles. The summed E-state index contributed by atoms with van der Waals surface area (Å²) in [6.07, 6.45) is 0.736. The largest absolute Gasteiger partial charge is 0.465 e. The first kappa shape index (κ1) is 20.2. The molecule has 0 bridgehead atoms. The van der Waals surface area contributed by atoms with E-state index >= 15 is 0 Å². The van der Waals surface area contributed by atoms with Crippen LogP contribution in [0.15, 0.2) is 36.3 Å². The van der Waals surface area contributed by atoms with E-state index in [2.05, 4.69) is 0 Å². The van der Waals surface area contributed by atoms with Crippen LogP contribution in [-0.2, 0) is 16.0 Å². The Labute approximate surface area is 166 Å². The topological polar surface area (TPSA) is 81.2 Å². The molecule has 7 nitrogen and oxygen atoms in total. The van der Waals surface area contributed by atoms with Crippen molar-refractivity contribution in [1.29, 1.82) is 0 Å². The molecule has 2 aliphatic rings. The molecule has 3 amide bonds. The van der Waals surface area contributed by atoms with Gasteiger partial charge in [0.2, 0.25) is 5.91 Å². The number of amides is 3. The summed E-state index contributed by atoms with van der Waals surface area (Å²) in [5, 5.41) is 9.51. The van der Waals surface area contributed by atoms with Crippen LogP contribution in [-0.4, -0.2) is 68.4 Å². The zero-order valence-electron chi connectivity index (χ0n) is 15.5. The lowest BCUT2D eigenvalue weighted by Gasteiger charge is -2.45. The minimum absolute atomic E-state index is 0.0491. The Bertz CT molecular complexity index is 816.